The molecule has 4 rings (SSSR count). The maximum absolute atomic E-state index is 13.0. The van der Waals surface area contributed by atoms with Crippen LogP contribution in [-0.2, 0) is 6.42 Å². The second kappa shape index (κ2) is 6.43. The van der Waals surface area contributed by atoms with Crippen LogP contribution in [0.25, 0.3) is 11.1 Å². The monoisotopic (exact) mass is 340 g/mol. The molecule has 0 bridgehead atoms. The SMILES string of the molecule is Cc1nc(N2CCC(Cc3ccc(F)cc3)CC2)c2c(C)noc2n1. The van der Waals surface area contributed by atoms with E-state index in [9.17, 15) is 4.39 Å². The number of halogens is 1. The average Bonchev–Trinajstić information content (AvgIpc) is 2.98. The van der Waals surface area contributed by atoms with Gasteiger partial charge in [0.05, 0.1) is 5.69 Å². The van der Waals surface area contributed by atoms with Crippen molar-refractivity contribution in [3.8, 4) is 0 Å². The highest BCUT2D eigenvalue weighted by Gasteiger charge is 2.24. The Labute approximate surface area is 145 Å². The Morgan fingerprint density at radius 2 is 1.84 bits per heavy atom. The van der Waals surface area contributed by atoms with Crippen LogP contribution in [0.4, 0.5) is 10.2 Å². The van der Waals surface area contributed by atoms with E-state index in [1.54, 1.807) is 12.1 Å². The standard InChI is InChI=1S/C19H21FN4O/c1-12-17-18(21-13(2)22-19(17)25-23-12)24-9-7-15(8-10-24)11-14-3-5-16(20)6-4-14/h3-6,15H,7-11H2,1-2H3. The van der Waals surface area contributed by atoms with E-state index in [2.05, 4.69) is 20.0 Å². The Bertz CT molecular complexity index is 882. The van der Waals surface area contributed by atoms with Crippen molar-refractivity contribution in [2.45, 2.75) is 33.1 Å². The Hall–Kier alpha value is -2.50. The third-order valence-electron chi connectivity index (χ3n) is 4.95. The molecule has 0 amide bonds. The van der Waals surface area contributed by atoms with Crippen LogP contribution in [0.2, 0.25) is 0 Å². The molecule has 0 unspecified atom stereocenters. The molecule has 5 nitrogen and oxygen atoms in total. The van der Waals surface area contributed by atoms with Gasteiger partial charge in [0.15, 0.2) is 0 Å². The number of nitrogens with zero attached hydrogens (tertiary/aromatic N) is 4. The van der Waals surface area contributed by atoms with E-state index in [0.29, 0.717) is 17.5 Å². The first-order chi connectivity index (χ1) is 12.1. The van der Waals surface area contributed by atoms with Gasteiger partial charge >= 0.3 is 0 Å². The molecule has 2 aromatic heterocycles. The number of aryl methyl sites for hydroxylation is 2. The van der Waals surface area contributed by atoms with Gasteiger partial charge in [-0.1, -0.05) is 17.3 Å². The van der Waals surface area contributed by atoms with Gasteiger partial charge in [-0.3, -0.25) is 0 Å². The van der Waals surface area contributed by atoms with Crippen molar-refractivity contribution in [3.63, 3.8) is 0 Å². The van der Waals surface area contributed by atoms with Crippen LogP contribution in [0.3, 0.4) is 0 Å². The van der Waals surface area contributed by atoms with Crippen molar-refractivity contribution in [1.29, 1.82) is 0 Å². The highest BCUT2D eigenvalue weighted by atomic mass is 19.1. The normalized spacial score (nSPS) is 15.9. The van der Waals surface area contributed by atoms with Crippen LogP contribution in [0.5, 0.6) is 0 Å². The summed E-state index contributed by atoms with van der Waals surface area (Å²) < 4.78 is 18.4. The van der Waals surface area contributed by atoms with Crippen molar-refractivity contribution in [2.24, 2.45) is 5.92 Å². The topological polar surface area (TPSA) is 55.1 Å². The van der Waals surface area contributed by atoms with E-state index < -0.39 is 0 Å². The predicted octanol–water partition coefficient (Wildman–Crippen LogP) is 3.83. The molecule has 0 radical (unpaired) electrons. The van der Waals surface area contributed by atoms with Crippen molar-refractivity contribution >= 4 is 16.9 Å². The van der Waals surface area contributed by atoms with Gasteiger partial charge in [0.25, 0.3) is 5.71 Å². The lowest BCUT2D eigenvalue weighted by Gasteiger charge is -2.33. The predicted molar refractivity (Wildman–Crippen MR) is 94.1 cm³/mol. The first kappa shape index (κ1) is 16.0. The van der Waals surface area contributed by atoms with E-state index in [0.717, 1.165) is 49.2 Å². The molecule has 1 saturated heterocycles. The molecule has 0 atom stereocenters. The summed E-state index contributed by atoms with van der Waals surface area (Å²) in [5.41, 5.74) is 2.60. The summed E-state index contributed by atoms with van der Waals surface area (Å²) in [4.78, 5) is 11.3. The van der Waals surface area contributed by atoms with Crippen molar-refractivity contribution < 1.29 is 8.91 Å². The molecule has 1 aliphatic heterocycles. The maximum atomic E-state index is 13.0. The van der Waals surface area contributed by atoms with E-state index in [-0.39, 0.29) is 5.82 Å². The molecule has 1 aliphatic rings. The molecule has 3 aromatic rings. The minimum Gasteiger partial charge on any atom is -0.356 e. The summed E-state index contributed by atoms with van der Waals surface area (Å²) in [5, 5.41) is 4.95. The third kappa shape index (κ3) is 3.21. The lowest BCUT2D eigenvalue weighted by molar-refractivity contribution is 0.402. The number of piperidine rings is 1. The molecular weight excluding hydrogens is 319 g/mol. The van der Waals surface area contributed by atoms with Gasteiger partial charge in [0.1, 0.15) is 22.8 Å². The van der Waals surface area contributed by atoms with Crippen LogP contribution in [0.15, 0.2) is 28.8 Å². The smallest absolute Gasteiger partial charge is 0.263 e. The van der Waals surface area contributed by atoms with Gasteiger partial charge in [-0.25, -0.2) is 9.37 Å². The molecule has 1 aromatic carbocycles. The van der Waals surface area contributed by atoms with E-state index in [1.165, 1.54) is 5.56 Å². The van der Waals surface area contributed by atoms with Gasteiger partial charge in [0.2, 0.25) is 0 Å². The van der Waals surface area contributed by atoms with Crippen molar-refractivity contribution in [3.05, 3.63) is 47.2 Å². The lowest BCUT2D eigenvalue weighted by Crippen LogP contribution is -2.35. The molecule has 3 heterocycles. The minimum absolute atomic E-state index is 0.175. The second-order valence-electron chi connectivity index (χ2n) is 6.80. The Kier molecular flexibility index (Phi) is 4.11. The largest absolute Gasteiger partial charge is 0.356 e. The Balaban J connectivity index is 1.49. The number of rotatable bonds is 3. The van der Waals surface area contributed by atoms with Gasteiger partial charge in [-0.05, 0) is 56.7 Å². The summed E-state index contributed by atoms with van der Waals surface area (Å²) >= 11 is 0. The van der Waals surface area contributed by atoms with Crippen LogP contribution in [-0.4, -0.2) is 28.2 Å². The van der Waals surface area contributed by atoms with E-state index >= 15 is 0 Å². The van der Waals surface area contributed by atoms with Crippen molar-refractivity contribution in [1.82, 2.24) is 15.1 Å². The van der Waals surface area contributed by atoms with Crippen LogP contribution in [0, 0.1) is 25.6 Å². The number of anilines is 1. The number of hydrogen-bond donors (Lipinski definition) is 0. The fourth-order valence-corrected chi connectivity index (χ4v) is 3.60. The molecule has 130 valence electrons. The maximum Gasteiger partial charge on any atom is 0.263 e. The van der Waals surface area contributed by atoms with Crippen molar-refractivity contribution in [2.75, 3.05) is 18.0 Å². The summed E-state index contributed by atoms with van der Waals surface area (Å²) in [5.74, 6) is 2.07. The number of fused-ring (bicyclic) bond motifs is 1. The van der Waals surface area contributed by atoms with Crippen LogP contribution < -0.4 is 4.90 Å². The molecule has 6 heteroatoms. The quantitative estimate of drug-likeness (QED) is 0.725. The van der Waals surface area contributed by atoms with Gasteiger partial charge in [-0.15, -0.1) is 0 Å². The van der Waals surface area contributed by atoms with Gasteiger partial charge in [0, 0.05) is 13.1 Å². The molecule has 1 fully saturated rings. The van der Waals surface area contributed by atoms with Crippen LogP contribution >= 0.6 is 0 Å². The Morgan fingerprint density at radius 1 is 1.12 bits per heavy atom. The zero-order valence-corrected chi connectivity index (χ0v) is 14.5. The highest BCUT2D eigenvalue weighted by Crippen LogP contribution is 2.31. The fraction of sp³-hybridized carbons (Fsp3) is 0.421. The first-order valence-electron chi connectivity index (χ1n) is 8.70. The number of hydrogen-bond acceptors (Lipinski definition) is 5. The number of benzene rings is 1. The van der Waals surface area contributed by atoms with Gasteiger partial charge < -0.3 is 9.42 Å². The van der Waals surface area contributed by atoms with Gasteiger partial charge in [-0.2, -0.15) is 4.98 Å². The minimum atomic E-state index is -0.175. The van der Waals surface area contributed by atoms with Crippen LogP contribution in [0.1, 0.15) is 29.9 Å². The summed E-state index contributed by atoms with van der Waals surface area (Å²) in [7, 11) is 0. The number of aromatic nitrogens is 3. The molecule has 25 heavy (non-hydrogen) atoms. The highest BCUT2D eigenvalue weighted by molar-refractivity contribution is 5.88. The summed E-state index contributed by atoms with van der Waals surface area (Å²) in [6.07, 6.45) is 3.18. The molecule has 0 aliphatic carbocycles. The average molecular weight is 340 g/mol. The summed E-state index contributed by atoms with van der Waals surface area (Å²) in [6, 6.07) is 6.86. The Morgan fingerprint density at radius 3 is 2.56 bits per heavy atom. The molecular formula is C19H21FN4O. The zero-order valence-electron chi connectivity index (χ0n) is 14.5. The first-order valence-corrected chi connectivity index (χ1v) is 8.70. The summed E-state index contributed by atoms with van der Waals surface area (Å²) in [6.45, 7) is 5.70. The molecule has 0 spiro atoms. The lowest BCUT2D eigenvalue weighted by atomic mass is 9.90. The third-order valence-corrected chi connectivity index (χ3v) is 4.95. The molecule has 0 N–H and O–H groups in total. The van der Waals surface area contributed by atoms with E-state index in [1.807, 2.05) is 26.0 Å². The molecule has 0 saturated carbocycles. The zero-order chi connectivity index (χ0) is 17.4. The fourth-order valence-electron chi connectivity index (χ4n) is 3.60. The van der Waals surface area contributed by atoms with E-state index in [4.69, 9.17) is 4.52 Å². The second-order valence-corrected chi connectivity index (χ2v) is 6.80.